The van der Waals surface area contributed by atoms with Crippen LogP contribution in [-0.4, -0.2) is 41.2 Å². The van der Waals surface area contributed by atoms with E-state index < -0.39 is 0 Å². The van der Waals surface area contributed by atoms with E-state index in [2.05, 4.69) is 21.8 Å². The smallest absolute Gasteiger partial charge is 0.166 e. The summed E-state index contributed by atoms with van der Waals surface area (Å²) in [4.78, 5) is 0. The number of ether oxygens (including phenoxy) is 2. The zero-order chi connectivity index (χ0) is 21.2. The highest BCUT2D eigenvalue weighted by atomic mass is 35.5. The molecular weight excluding hydrogens is 408 g/mol. The van der Waals surface area contributed by atoms with Crippen molar-refractivity contribution in [3.8, 4) is 11.5 Å². The van der Waals surface area contributed by atoms with Crippen LogP contribution < -0.4 is 20.1 Å². The van der Waals surface area contributed by atoms with Crippen LogP contribution in [0.4, 0.5) is 0 Å². The molecule has 2 aromatic rings. The maximum Gasteiger partial charge on any atom is 0.166 e. The Bertz CT molecular complexity index is 810. The first-order valence-corrected chi connectivity index (χ1v) is 10.8. The van der Waals surface area contributed by atoms with Gasteiger partial charge in [0.2, 0.25) is 0 Å². The molecule has 1 aromatic heterocycles. The normalized spacial score (nSPS) is 10.7. The molecule has 0 bridgehead atoms. The van der Waals surface area contributed by atoms with Crippen molar-refractivity contribution < 1.29 is 9.47 Å². The molecule has 29 heavy (non-hydrogen) atoms. The van der Waals surface area contributed by atoms with Gasteiger partial charge in [-0.1, -0.05) is 17.7 Å². The number of benzene rings is 1. The third-order valence-electron chi connectivity index (χ3n) is 4.43. The largest absolute Gasteiger partial charge is 0.490 e. The maximum atomic E-state index is 6.18. The number of hydrogen-bond donors (Lipinski definition) is 2. The lowest BCUT2D eigenvalue weighted by Gasteiger charge is -2.13. The molecule has 0 unspecified atom stereocenters. The minimum atomic E-state index is 0.611. The van der Waals surface area contributed by atoms with E-state index in [1.165, 1.54) is 5.56 Å². The van der Waals surface area contributed by atoms with E-state index in [0.717, 1.165) is 60.4 Å². The summed E-state index contributed by atoms with van der Waals surface area (Å²) in [6, 6.07) is 6.06. The van der Waals surface area contributed by atoms with Crippen molar-refractivity contribution >= 4 is 28.9 Å². The van der Waals surface area contributed by atoms with Gasteiger partial charge in [0.05, 0.1) is 29.6 Å². The van der Waals surface area contributed by atoms with E-state index in [4.69, 9.17) is 33.3 Å². The van der Waals surface area contributed by atoms with Crippen LogP contribution in [0, 0.1) is 13.8 Å². The lowest BCUT2D eigenvalue weighted by molar-refractivity contribution is 0.287. The molecule has 8 heteroatoms. The molecule has 0 saturated heterocycles. The van der Waals surface area contributed by atoms with Crippen molar-refractivity contribution in [1.29, 1.82) is 0 Å². The summed E-state index contributed by atoms with van der Waals surface area (Å²) in [6.07, 6.45) is 1.76. The molecule has 0 aliphatic rings. The van der Waals surface area contributed by atoms with Gasteiger partial charge in [-0.15, -0.1) is 0 Å². The molecule has 0 aliphatic carbocycles. The molecule has 1 heterocycles. The Hall–Kier alpha value is -1.99. The van der Waals surface area contributed by atoms with Gasteiger partial charge in [-0.05, 0) is 70.5 Å². The van der Waals surface area contributed by atoms with Crippen molar-refractivity contribution in [2.75, 3.05) is 26.3 Å². The van der Waals surface area contributed by atoms with Gasteiger partial charge < -0.3 is 20.1 Å². The standard InChI is InChI=1S/C21H31ClN4O2S/c1-5-27-18-9-8-17(14-19(18)28-6-2)10-12-24-21(29)23-11-7-13-26-16(4)20(22)15(3)25-26/h8-9,14H,5-7,10-13H2,1-4H3,(H2,23,24,29). The average molecular weight is 439 g/mol. The fourth-order valence-electron chi connectivity index (χ4n) is 2.96. The summed E-state index contributed by atoms with van der Waals surface area (Å²) in [6.45, 7) is 11.4. The second kappa shape index (κ2) is 11.9. The Morgan fingerprint density at radius 3 is 2.45 bits per heavy atom. The topological polar surface area (TPSA) is 60.3 Å². The van der Waals surface area contributed by atoms with Crippen molar-refractivity contribution in [1.82, 2.24) is 20.4 Å². The molecule has 0 saturated carbocycles. The van der Waals surface area contributed by atoms with E-state index in [-0.39, 0.29) is 0 Å². The van der Waals surface area contributed by atoms with E-state index in [9.17, 15) is 0 Å². The van der Waals surface area contributed by atoms with Crippen LogP contribution in [0.15, 0.2) is 18.2 Å². The monoisotopic (exact) mass is 438 g/mol. The fraction of sp³-hybridized carbons (Fsp3) is 0.524. The van der Waals surface area contributed by atoms with Crippen molar-refractivity contribution in [2.24, 2.45) is 0 Å². The van der Waals surface area contributed by atoms with Gasteiger partial charge >= 0.3 is 0 Å². The highest BCUT2D eigenvalue weighted by Gasteiger charge is 2.09. The molecule has 0 spiro atoms. The number of halogens is 1. The minimum absolute atomic E-state index is 0.611. The lowest BCUT2D eigenvalue weighted by Crippen LogP contribution is -2.37. The zero-order valence-corrected chi connectivity index (χ0v) is 19.3. The first-order chi connectivity index (χ1) is 14.0. The van der Waals surface area contributed by atoms with Gasteiger partial charge in [-0.2, -0.15) is 5.10 Å². The van der Waals surface area contributed by atoms with Crippen molar-refractivity contribution in [2.45, 2.75) is 47.1 Å². The summed E-state index contributed by atoms with van der Waals surface area (Å²) in [5.74, 6) is 1.57. The van der Waals surface area contributed by atoms with E-state index in [1.54, 1.807) is 0 Å². The Labute approximate surface area is 183 Å². The second-order valence-corrected chi connectivity index (χ2v) is 7.43. The highest BCUT2D eigenvalue weighted by molar-refractivity contribution is 7.80. The molecule has 2 rings (SSSR count). The Morgan fingerprint density at radius 1 is 1.10 bits per heavy atom. The molecule has 1 aromatic carbocycles. The number of nitrogens with zero attached hydrogens (tertiary/aromatic N) is 2. The number of rotatable bonds is 11. The Morgan fingerprint density at radius 2 is 1.79 bits per heavy atom. The van der Waals surface area contributed by atoms with Gasteiger partial charge in [-0.3, -0.25) is 4.68 Å². The quantitative estimate of drug-likeness (QED) is 0.407. The molecule has 0 aliphatic heterocycles. The first kappa shape index (κ1) is 23.3. The molecular formula is C21H31ClN4O2S. The van der Waals surface area contributed by atoms with Crippen LogP contribution in [0.25, 0.3) is 0 Å². The molecule has 0 radical (unpaired) electrons. The summed E-state index contributed by atoms with van der Waals surface area (Å²) in [7, 11) is 0. The molecule has 160 valence electrons. The Balaban J connectivity index is 1.70. The number of aromatic nitrogens is 2. The van der Waals surface area contributed by atoms with Crippen LogP contribution in [0.1, 0.15) is 37.2 Å². The van der Waals surface area contributed by atoms with Crippen LogP contribution in [-0.2, 0) is 13.0 Å². The highest BCUT2D eigenvalue weighted by Crippen LogP contribution is 2.28. The zero-order valence-electron chi connectivity index (χ0n) is 17.7. The predicted octanol–water partition coefficient (Wildman–Crippen LogP) is 4.05. The van der Waals surface area contributed by atoms with Crippen LogP contribution in [0.2, 0.25) is 5.02 Å². The summed E-state index contributed by atoms with van der Waals surface area (Å²) in [5.41, 5.74) is 3.05. The van der Waals surface area contributed by atoms with Crippen LogP contribution in [0.3, 0.4) is 0 Å². The van der Waals surface area contributed by atoms with E-state index in [1.807, 2.05) is 44.5 Å². The van der Waals surface area contributed by atoms with Gasteiger partial charge in [0, 0.05) is 19.6 Å². The molecule has 0 amide bonds. The predicted molar refractivity (Wildman–Crippen MR) is 122 cm³/mol. The number of nitrogens with one attached hydrogen (secondary N) is 2. The van der Waals surface area contributed by atoms with Gasteiger partial charge in [0.1, 0.15) is 0 Å². The summed E-state index contributed by atoms with van der Waals surface area (Å²) in [5, 5.41) is 12.3. The molecule has 0 atom stereocenters. The first-order valence-electron chi connectivity index (χ1n) is 10.1. The Kier molecular flexibility index (Phi) is 9.54. The number of aryl methyl sites for hydroxylation is 2. The van der Waals surface area contributed by atoms with Gasteiger partial charge in [0.15, 0.2) is 16.6 Å². The van der Waals surface area contributed by atoms with Crippen LogP contribution in [0.5, 0.6) is 11.5 Å². The fourth-order valence-corrected chi connectivity index (χ4v) is 3.30. The molecule has 0 fully saturated rings. The average Bonchev–Trinajstić information content (AvgIpc) is 2.94. The third-order valence-corrected chi connectivity index (χ3v) is 5.27. The number of thiocarbonyl (C=S) groups is 1. The van der Waals surface area contributed by atoms with Gasteiger partial charge in [0.25, 0.3) is 0 Å². The van der Waals surface area contributed by atoms with Crippen LogP contribution >= 0.6 is 23.8 Å². The number of hydrogen-bond acceptors (Lipinski definition) is 4. The lowest BCUT2D eigenvalue weighted by atomic mass is 10.1. The minimum Gasteiger partial charge on any atom is -0.490 e. The summed E-state index contributed by atoms with van der Waals surface area (Å²) >= 11 is 11.5. The van der Waals surface area contributed by atoms with E-state index in [0.29, 0.717) is 18.3 Å². The van der Waals surface area contributed by atoms with Crippen molar-refractivity contribution in [3.05, 3.63) is 40.2 Å². The maximum absolute atomic E-state index is 6.18. The third kappa shape index (κ3) is 7.08. The van der Waals surface area contributed by atoms with Gasteiger partial charge in [-0.25, -0.2) is 0 Å². The molecule has 6 nitrogen and oxygen atoms in total. The van der Waals surface area contributed by atoms with E-state index >= 15 is 0 Å². The SMILES string of the molecule is CCOc1ccc(CCNC(=S)NCCCn2nc(C)c(Cl)c2C)cc1OCC. The second-order valence-electron chi connectivity index (χ2n) is 6.64. The molecule has 2 N–H and O–H groups in total. The van der Waals surface area contributed by atoms with Crippen molar-refractivity contribution in [3.63, 3.8) is 0 Å². The summed E-state index contributed by atoms with van der Waals surface area (Å²) < 4.78 is 13.2.